The van der Waals surface area contributed by atoms with Gasteiger partial charge in [0.2, 0.25) is 0 Å². The molecular weight excluding hydrogens is 426 g/mol. The Hall–Kier alpha value is -2.74. The average molecular weight is 450 g/mol. The van der Waals surface area contributed by atoms with E-state index in [9.17, 15) is 10.2 Å². The molecule has 6 rings (SSSR count). The smallest absolute Gasteiger partial charge is 0.143 e. The van der Waals surface area contributed by atoms with Crippen molar-refractivity contribution < 1.29 is 10.2 Å². The van der Waals surface area contributed by atoms with E-state index in [0.29, 0.717) is 10.8 Å². The Morgan fingerprint density at radius 2 is 2.06 bits per heavy atom. The summed E-state index contributed by atoms with van der Waals surface area (Å²) < 4.78 is 2.03. The molecule has 8 heteroatoms. The number of hydrogen-bond donors (Lipinski definition) is 3. The second-order valence-electron chi connectivity index (χ2n) is 9.27. The molecule has 0 unspecified atom stereocenters. The van der Waals surface area contributed by atoms with E-state index in [-0.39, 0.29) is 17.4 Å². The number of aromatic nitrogens is 4. The summed E-state index contributed by atoms with van der Waals surface area (Å²) in [7, 11) is 0. The van der Waals surface area contributed by atoms with Gasteiger partial charge in [-0.05, 0) is 55.9 Å². The molecule has 4 aromatic rings. The van der Waals surface area contributed by atoms with Gasteiger partial charge in [-0.25, -0.2) is 15.0 Å². The number of anilines is 1. The molecule has 2 aliphatic carbocycles. The first-order valence-electron chi connectivity index (χ1n) is 10.9. The van der Waals surface area contributed by atoms with Gasteiger partial charge in [0.25, 0.3) is 0 Å². The van der Waals surface area contributed by atoms with Crippen molar-refractivity contribution in [1.82, 2.24) is 19.5 Å². The highest BCUT2D eigenvalue weighted by Crippen LogP contribution is 2.69. The number of benzene rings is 1. The number of hydrogen-bond acceptors (Lipinski definition) is 6. The molecule has 0 amide bonds. The van der Waals surface area contributed by atoms with Crippen molar-refractivity contribution in [2.75, 3.05) is 5.73 Å². The fourth-order valence-electron chi connectivity index (χ4n) is 5.78. The van der Waals surface area contributed by atoms with Crippen LogP contribution < -0.4 is 5.73 Å². The number of aryl methyl sites for hydroxylation is 2. The van der Waals surface area contributed by atoms with Gasteiger partial charge in [0, 0.05) is 22.4 Å². The van der Waals surface area contributed by atoms with E-state index in [1.807, 2.05) is 42.0 Å². The summed E-state index contributed by atoms with van der Waals surface area (Å²) in [5, 5.41) is 24.4. The Morgan fingerprint density at radius 3 is 2.91 bits per heavy atom. The molecular formula is C24H24ClN5O2. The number of aliphatic hydroxyl groups is 2. The minimum Gasteiger partial charge on any atom is -0.390 e. The van der Waals surface area contributed by atoms with Crippen LogP contribution in [0.2, 0.25) is 5.02 Å². The maximum absolute atomic E-state index is 11.0. The molecule has 3 aromatic heterocycles. The van der Waals surface area contributed by atoms with Crippen molar-refractivity contribution in [2.45, 2.75) is 44.4 Å². The summed E-state index contributed by atoms with van der Waals surface area (Å²) in [4.78, 5) is 13.1. The molecule has 3 heterocycles. The number of rotatable bonds is 4. The molecule has 0 aliphatic heterocycles. The first-order valence-corrected chi connectivity index (χ1v) is 11.3. The van der Waals surface area contributed by atoms with Crippen LogP contribution >= 0.6 is 11.6 Å². The topological polar surface area (TPSA) is 110 Å². The molecule has 0 bridgehead atoms. The van der Waals surface area contributed by atoms with Crippen LogP contribution in [0.25, 0.3) is 21.9 Å². The second-order valence-corrected chi connectivity index (χ2v) is 9.68. The zero-order valence-electron chi connectivity index (χ0n) is 17.6. The molecule has 2 fully saturated rings. The van der Waals surface area contributed by atoms with Crippen molar-refractivity contribution in [1.29, 1.82) is 0 Å². The number of fused-ring (bicyclic) bond motifs is 3. The Morgan fingerprint density at radius 1 is 1.22 bits per heavy atom. The van der Waals surface area contributed by atoms with Gasteiger partial charge in [0.15, 0.2) is 0 Å². The number of pyridine rings is 1. The normalized spacial score (nSPS) is 29.0. The van der Waals surface area contributed by atoms with E-state index in [1.165, 1.54) is 0 Å². The highest BCUT2D eigenvalue weighted by molar-refractivity contribution is 6.33. The maximum atomic E-state index is 11.0. The van der Waals surface area contributed by atoms with E-state index in [0.717, 1.165) is 52.5 Å². The molecule has 0 spiro atoms. The van der Waals surface area contributed by atoms with Crippen LogP contribution in [-0.4, -0.2) is 41.9 Å². The summed E-state index contributed by atoms with van der Waals surface area (Å²) in [6.45, 7) is 1.95. The Bertz CT molecular complexity index is 1370. The lowest BCUT2D eigenvalue weighted by atomic mass is 9.91. The standard InChI is InChI=1S/C24H24ClN5O2/c1-12-15-5-7-30(23(15)28-11-27-12)19-16-10-24(16,21(32)20(19)31)6-4-13-2-3-14-9-17(25)22(26)29-18(14)8-13/h2-3,5,7-9,11,16,19-21,31-32H,4,6,10H2,1H3,(H2,26,29)/t16-,19-,20+,21+,24-/m1/s1. The van der Waals surface area contributed by atoms with Gasteiger partial charge in [-0.3, -0.25) is 0 Å². The Kier molecular flexibility index (Phi) is 4.28. The summed E-state index contributed by atoms with van der Waals surface area (Å²) in [6.07, 6.45) is 4.43. The lowest BCUT2D eigenvalue weighted by molar-refractivity contribution is -0.0191. The second kappa shape index (κ2) is 6.88. The van der Waals surface area contributed by atoms with Gasteiger partial charge in [-0.2, -0.15) is 0 Å². The summed E-state index contributed by atoms with van der Waals surface area (Å²) in [5.41, 5.74) is 9.26. The van der Waals surface area contributed by atoms with E-state index in [1.54, 1.807) is 6.33 Å². The first kappa shape index (κ1) is 19.9. The molecule has 0 radical (unpaired) electrons. The largest absolute Gasteiger partial charge is 0.390 e. The van der Waals surface area contributed by atoms with Gasteiger partial charge in [0.05, 0.1) is 28.4 Å². The SMILES string of the molecule is Cc1ncnc2c1ccn2[C@H]1[C@H](O)[C@H](O)[C@]2(CCc3ccc4cc(Cl)c(N)nc4c3)C[C@H]12. The highest BCUT2D eigenvalue weighted by Gasteiger charge is 2.70. The van der Waals surface area contributed by atoms with Crippen LogP contribution in [0, 0.1) is 18.3 Å². The summed E-state index contributed by atoms with van der Waals surface area (Å²) in [6, 6.07) is 9.74. The Balaban J connectivity index is 1.26. The fourth-order valence-corrected chi connectivity index (χ4v) is 5.94. The van der Waals surface area contributed by atoms with Crippen LogP contribution in [0.3, 0.4) is 0 Å². The molecule has 2 saturated carbocycles. The minimum atomic E-state index is -0.820. The predicted octanol–water partition coefficient (Wildman–Crippen LogP) is 3.44. The third-order valence-corrected chi connectivity index (χ3v) is 7.93. The van der Waals surface area contributed by atoms with Crippen LogP contribution in [0.15, 0.2) is 42.9 Å². The molecule has 5 atom stereocenters. The van der Waals surface area contributed by atoms with Gasteiger partial charge < -0.3 is 20.5 Å². The van der Waals surface area contributed by atoms with E-state index in [4.69, 9.17) is 17.3 Å². The van der Waals surface area contributed by atoms with Gasteiger partial charge in [-0.1, -0.05) is 23.7 Å². The first-order chi connectivity index (χ1) is 15.4. The molecule has 2 aliphatic rings. The lowest BCUT2D eigenvalue weighted by Crippen LogP contribution is -2.34. The molecule has 0 saturated heterocycles. The van der Waals surface area contributed by atoms with Gasteiger partial charge in [-0.15, -0.1) is 0 Å². The number of nitrogens with two attached hydrogens (primary N) is 1. The van der Waals surface area contributed by atoms with Gasteiger partial charge in [0.1, 0.15) is 23.9 Å². The van der Waals surface area contributed by atoms with Crippen molar-refractivity contribution in [3.63, 3.8) is 0 Å². The number of aliphatic hydroxyl groups excluding tert-OH is 2. The van der Waals surface area contributed by atoms with Crippen LogP contribution in [-0.2, 0) is 6.42 Å². The van der Waals surface area contributed by atoms with Crippen LogP contribution in [0.5, 0.6) is 0 Å². The number of nitrogen functional groups attached to an aromatic ring is 1. The third kappa shape index (κ3) is 2.78. The minimum absolute atomic E-state index is 0.183. The summed E-state index contributed by atoms with van der Waals surface area (Å²) in [5.74, 6) is 0.541. The van der Waals surface area contributed by atoms with E-state index < -0.39 is 12.2 Å². The molecule has 164 valence electrons. The fraction of sp³-hybridized carbons (Fsp3) is 0.375. The maximum Gasteiger partial charge on any atom is 0.143 e. The number of nitrogens with zero attached hydrogens (tertiary/aromatic N) is 4. The average Bonchev–Trinajstić information content (AvgIpc) is 3.27. The van der Waals surface area contributed by atoms with Crippen LogP contribution in [0.1, 0.15) is 30.1 Å². The number of halogens is 1. The molecule has 32 heavy (non-hydrogen) atoms. The predicted molar refractivity (Wildman–Crippen MR) is 123 cm³/mol. The quantitative estimate of drug-likeness (QED) is 0.440. The summed E-state index contributed by atoms with van der Waals surface area (Å²) >= 11 is 6.08. The zero-order chi connectivity index (χ0) is 22.2. The van der Waals surface area contributed by atoms with Crippen molar-refractivity contribution in [3.05, 3.63) is 59.1 Å². The monoisotopic (exact) mass is 449 g/mol. The van der Waals surface area contributed by atoms with E-state index in [2.05, 4.69) is 21.0 Å². The zero-order valence-corrected chi connectivity index (χ0v) is 18.4. The van der Waals surface area contributed by atoms with E-state index >= 15 is 0 Å². The molecule has 4 N–H and O–H groups in total. The molecule has 7 nitrogen and oxygen atoms in total. The van der Waals surface area contributed by atoms with Crippen LogP contribution in [0.4, 0.5) is 5.82 Å². The van der Waals surface area contributed by atoms with Crippen molar-refractivity contribution in [2.24, 2.45) is 11.3 Å². The Labute approximate surface area is 189 Å². The van der Waals surface area contributed by atoms with Crippen molar-refractivity contribution in [3.8, 4) is 0 Å². The third-order valence-electron chi connectivity index (χ3n) is 7.62. The highest BCUT2D eigenvalue weighted by atomic mass is 35.5. The molecule has 1 aromatic carbocycles. The lowest BCUT2D eigenvalue weighted by Gasteiger charge is -2.24. The van der Waals surface area contributed by atoms with Crippen molar-refractivity contribution >= 4 is 39.4 Å². The van der Waals surface area contributed by atoms with Gasteiger partial charge >= 0.3 is 0 Å².